The molecule has 3 unspecified atom stereocenters. The van der Waals surface area contributed by atoms with Gasteiger partial charge in [0.15, 0.2) is 0 Å². The summed E-state index contributed by atoms with van der Waals surface area (Å²) >= 11 is 0. The summed E-state index contributed by atoms with van der Waals surface area (Å²) in [4.78, 5) is 24.8. The van der Waals surface area contributed by atoms with Crippen LogP contribution in [-0.4, -0.2) is 21.8 Å². The van der Waals surface area contributed by atoms with Crippen LogP contribution in [0.4, 0.5) is 4.20 Å². The van der Waals surface area contributed by atoms with Gasteiger partial charge in [-0.3, -0.25) is 9.42 Å². The van der Waals surface area contributed by atoms with Crippen molar-refractivity contribution in [2.45, 2.75) is 0 Å². The van der Waals surface area contributed by atoms with Crippen molar-refractivity contribution in [1.82, 2.24) is 0 Å². The summed E-state index contributed by atoms with van der Waals surface area (Å²) in [6.07, 6.45) is 0. The first-order valence-electron chi connectivity index (χ1n) is 2.64. The van der Waals surface area contributed by atoms with Crippen molar-refractivity contribution < 1.29 is 45.7 Å². The van der Waals surface area contributed by atoms with Gasteiger partial charge in [-0.15, -0.1) is 4.20 Å². The standard InChI is InChI=1S/CH6FO9P3/c1-9-13(5,6)11-14(7,8)10-12(2,3)4/h1H3,(H,3,4)(H,5,6)(H,7,8). The highest BCUT2D eigenvalue weighted by Crippen LogP contribution is 2.67. The molecule has 0 amide bonds. The Balaban J connectivity index is 4.60. The van der Waals surface area contributed by atoms with Crippen molar-refractivity contribution in [2.75, 3.05) is 7.11 Å². The van der Waals surface area contributed by atoms with Gasteiger partial charge < -0.3 is 9.79 Å². The fourth-order valence-corrected chi connectivity index (χ4v) is 3.02. The molecular weight excluding hydrogens is 268 g/mol. The Labute approximate surface area is 77.3 Å². The Bertz CT molecular complexity index is 329. The molecule has 0 aromatic carbocycles. The van der Waals surface area contributed by atoms with E-state index in [9.17, 15) is 17.9 Å². The molecule has 0 aliphatic heterocycles. The number of rotatable bonds is 5. The Kier molecular flexibility index (Phi) is 4.61. The second kappa shape index (κ2) is 4.49. The molecule has 0 heterocycles. The summed E-state index contributed by atoms with van der Waals surface area (Å²) in [6.45, 7) is 0. The molecule has 0 radical (unpaired) electrons. The third-order valence-electron chi connectivity index (χ3n) is 0.641. The third kappa shape index (κ3) is 6.78. The monoisotopic (exact) mass is 274 g/mol. The maximum absolute atomic E-state index is 11.8. The summed E-state index contributed by atoms with van der Waals surface area (Å²) in [5.41, 5.74) is 0. The molecule has 0 saturated heterocycles. The number of halogens is 1. The fraction of sp³-hybridized carbons (Fsp3) is 1.00. The average Bonchev–Trinajstić information content (AvgIpc) is 1.78. The van der Waals surface area contributed by atoms with Gasteiger partial charge in [-0.05, 0) is 0 Å². The van der Waals surface area contributed by atoms with Crippen molar-refractivity contribution in [3.63, 3.8) is 0 Å². The molecule has 0 aliphatic carbocycles. The quantitative estimate of drug-likeness (QED) is 0.624. The van der Waals surface area contributed by atoms with E-state index in [4.69, 9.17) is 14.7 Å². The van der Waals surface area contributed by atoms with Crippen molar-refractivity contribution in [2.24, 2.45) is 0 Å². The Morgan fingerprint density at radius 3 is 1.71 bits per heavy atom. The van der Waals surface area contributed by atoms with E-state index in [0.29, 0.717) is 7.11 Å². The highest BCUT2D eigenvalue weighted by atomic mass is 31.3. The van der Waals surface area contributed by atoms with Crippen molar-refractivity contribution in [3.8, 4) is 0 Å². The number of phosphoric acid groups is 2. The van der Waals surface area contributed by atoms with Crippen LogP contribution < -0.4 is 0 Å². The first kappa shape index (κ1) is 14.4. The first-order chi connectivity index (χ1) is 5.97. The summed E-state index contributed by atoms with van der Waals surface area (Å²) in [7, 11) is -15.6. The molecule has 0 aliphatic rings. The SMILES string of the molecule is COP(=O)(O)OP(=O)(O)OP(=O)(O)F. The maximum Gasteiger partial charge on any atom is 0.519 e. The number of hydrogen-bond acceptors (Lipinski definition) is 6. The topological polar surface area (TPSA) is 140 Å². The number of hydrogen-bond donors (Lipinski definition) is 3. The molecule has 3 N–H and O–H groups in total. The Morgan fingerprint density at radius 1 is 1.00 bits per heavy atom. The van der Waals surface area contributed by atoms with E-state index in [1.807, 2.05) is 0 Å². The van der Waals surface area contributed by atoms with Crippen LogP contribution >= 0.6 is 23.6 Å². The molecule has 0 aromatic rings. The summed E-state index contributed by atoms with van der Waals surface area (Å²) in [5, 5.41) is 0. The van der Waals surface area contributed by atoms with Gasteiger partial charge >= 0.3 is 23.6 Å². The average molecular weight is 274 g/mol. The van der Waals surface area contributed by atoms with Gasteiger partial charge in [0.1, 0.15) is 0 Å². The van der Waals surface area contributed by atoms with Gasteiger partial charge in [0.2, 0.25) is 0 Å². The minimum atomic E-state index is -5.81. The molecule has 0 spiro atoms. The smallest absolute Gasteiger partial charge is 0.302 e. The zero-order valence-corrected chi connectivity index (χ0v) is 9.19. The summed E-state index contributed by atoms with van der Waals surface area (Å²) in [5.74, 6) is 0. The molecular formula is CH6FO9P3. The van der Waals surface area contributed by atoms with Crippen molar-refractivity contribution in [3.05, 3.63) is 0 Å². The molecule has 0 bridgehead atoms. The lowest BCUT2D eigenvalue weighted by Gasteiger charge is -2.13. The minimum absolute atomic E-state index is 0.648. The lowest BCUT2D eigenvalue weighted by Crippen LogP contribution is -1.92. The van der Waals surface area contributed by atoms with Crippen LogP contribution in [0, 0.1) is 0 Å². The zero-order chi connectivity index (χ0) is 11.6. The molecule has 9 nitrogen and oxygen atoms in total. The molecule has 3 atom stereocenters. The predicted molar refractivity (Wildman–Crippen MR) is 39.8 cm³/mol. The molecule has 86 valence electrons. The van der Waals surface area contributed by atoms with Crippen LogP contribution in [-0.2, 0) is 26.8 Å². The molecule has 0 saturated carbocycles. The van der Waals surface area contributed by atoms with Crippen LogP contribution in [0.3, 0.4) is 0 Å². The molecule has 0 rings (SSSR count). The normalized spacial score (nSPS) is 24.6. The number of phosphoric ester groups is 1. The van der Waals surface area contributed by atoms with Gasteiger partial charge in [0.05, 0.1) is 0 Å². The molecule has 0 fully saturated rings. The van der Waals surface area contributed by atoms with Crippen LogP contribution in [0.1, 0.15) is 0 Å². The van der Waals surface area contributed by atoms with Gasteiger partial charge in [0.25, 0.3) is 0 Å². The van der Waals surface area contributed by atoms with Crippen LogP contribution in [0.15, 0.2) is 0 Å². The highest BCUT2D eigenvalue weighted by molar-refractivity contribution is 7.66. The van der Waals surface area contributed by atoms with Gasteiger partial charge in [-0.25, -0.2) is 13.7 Å². The third-order valence-corrected chi connectivity index (χ3v) is 4.38. The van der Waals surface area contributed by atoms with Crippen molar-refractivity contribution in [1.29, 1.82) is 0 Å². The second-order valence-electron chi connectivity index (χ2n) is 1.73. The molecule has 13 heteroatoms. The highest BCUT2D eigenvalue weighted by Gasteiger charge is 2.40. The predicted octanol–water partition coefficient (Wildman–Crippen LogP) is 0.937. The lowest BCUT2D eigenvalue weighted by molar-refractivity contribution is 0.198. The van der Waals surface area contributed by atoms with Gasteiger partial charge in [-0.1, -0.05) is 0 Å². The second-order valence-corrected chi connectivity index (χ2v) is 6.18. The van der Waals surface area contributed by atoms with E-state index in [2.05, 4.69) is 13.1 Å². The summed E-state index contributed by atoms with van der Waals surface area (Å²) in [6, 6.07) is 0. The minimum Gasteiger partial charge on any atom is -0.302 e. The van der Waals surface area contributed by atoms with E-state index in [0.717, 1.165) is 0 Å². The van der Waals surface area contributed by atoms with Crippen LogP contribution in [0.2, 0.25) is 0 Å². The largest absolute Gasteiger partial charge is 0.519 e. The van der Waals surface area contributed by atoms with E-state index in [1.165, 1.54) is 0 Å². The maximum atomic E-state index is 11.8. The zero-order valence-electron chi connectivity index (χ0n) is 6.51. The Hall–Kier alpha value is 0.380. The fourth-order valence-electron chi connectivity index (χ4n) is 0.306. The Morgan fingerprint density at radius 2 is 1.43 bits per heavy atom. The van der Waals surface area contributed by atoms with Crippen LogP contribution in [0.5, 0.6) is 0 Å². The molecule has 0 aromatic heterocycles. The molecule has 14 heavy (non-hydrogen) atoms. The van der Waals surface area contributed by atoms with E-state index in [-0.39, 0.29) is 0 Å². The van der Waals surface area contributed by atoms with Gasteiger partial charge in [0, 0.05) is 7.11 Å². The van der Waals surface area contributed by atoms with E-state index >= 15 is 0 Å². The van der Waals surface area contributed by atoms with Gasteiger partial charge in [-0.2, -0.15) is 8.62 Å². The van der Waals surface area contributed by atoms with Crippen molar-refractivity contribution >= 4 is 23.6 Å². The lowest BCUT2D eigenvalue weighted by atomic mass is 11.8. The first-order valence-corrected chi connectivity index (χ1v) is 7.10. The van der Waals surface area contributed by atoms with E-state index in [1.54, 1.807) is 0 Å². The van der Waals surface area contributed by atoms with Crippen LogP contribution in [0.25, 0.3) is 0 Å². The van der Waals surface area contributed by atoms with E-state index < -0.39 is 23.6 Å². The summed E-state index contributed by atoms with van der Waals surface area (Å²) < 4.78 is 52.7.